The lowest BCUT2D eigenvalue weighted by atomic mass is 9.93. The Labute approximate surface area is 187 Å². The summed E-state index contributed by atoms with van der Waals surface area (Å²) in [6.45, 7) is 7.04. The van der Waals surface area contributed by atoms with E-state index in [-0.39, 0.29) is 26.3 Å². The molecular formula is C23H30N2O7. The second-order valence-corrected chi connectivity index (χ2v) is 8.98. The molecule has 2 aliphatic rings. The number of rotatable bonds is 5. The van der Waals surface area contributed by atoms with Crippen molar-refractivity contribution in [1.82, 2.24) is 9.80 Å². The van der Waals surface area contributed by atoms with Crippen molar-refractivity contribution in [2.24, 2.45) is 11.8 Å². The van der Waals surface area contributed by atoms with Crippen LogP contribution in [0.1, 0.15) is 33.3 Å². The van der Waals surface area contributed by atoms with Gasteiger partial charge in [0.2, 0.25) is 5.91 Å². The summed E-state index contributed by atoms with van der Waals surface area (Å²) in [4.78, 5) is 53.5. The van der Waals surface area contributed by atoms with Gasteiger partial charge in [-0.1, -0.05) is 30.3 Å². The lowest BCUT2D eigenvalue weighted by Crippen LogP contribution is -2.46. The molecule has 1 aromatic rings. The third-order valence-corrected chi connectivity index (χ3v) is 5.39. The molecule has 1 unspecified atom stereocenters. The van der Waals surface area contributed by atoms with Crippen LogP contribution in [0.2, 0.25) is 0 Å². The molecule has 0 N–H and O–H groups in total. The fraction of sp³-hybridized carbons (Fsp3) is 0.565. The molecule has 3 atom stereocenters. The third-order valence-electron chi connectivity index (χ3n) is 5.39. The van der Waals surface area contributed by atoms with E-state index in [2.05, 4.69) is 0 Å². The first kappa shape index (κ1) is 23.6. The van der Waals surface area contributed by atoms with Gasteiger partial charge in [0.25, 0.3) is 0 Å². The molecule has 174 valence electrons. The number of hydrogen-bond acceptors (Lipinski definition) is 7. The van der Waals surface area contributed by atoms with E-state index in [1.54, 1.807) is 27.7 Å². The van der Waals surface area contributed by atoms with E-state index >= 15 is 0 Å². The summed E-state index contributed by atoms with van der Waals surface area (Å²) in [5, 5.41) is 0. The number of carbonyl (C=O) groups excluding carboxylic acids is 4. The normalized spacial score (nSPS) is 23.1. The number of amides is 3. The van der Waals surface area contributed by atoms with E-state index in [0.29, 0.717) is 6.42 Å². The minimum absolute atomic E-state index is 0.0175. The van der Waals surface area contributed by atoms with Crippen LogP contribution in [0, 0.1) is 11.8 Å². The molecule has 1 aromatic carbocycles. The van der Waals surface area contributed by atoms with E-state index in [0.717, 1.165) is 10.5 Å². The highest BCUT2D eigenvalue weighted by molar-refractivity contribution is 5.97. The summed E-state index contributed by atoms with van der Waals surface area (Å²) in [6.07, 6.45) is -0.925. The van der Waals surface area contributed by atoms with Gasteiger partial charge >= 0.3 is 18.2 Å². The second kappa shape index (κ2) is 9.58. The lowest BCUT2D eigenvalue weighted by molar-refractivity contribution is -0.152. The molecule has 32 heavy (non-hydrogen) atoms. The zero-order valence-corrected chi connectivity index (χ0v) is 18.9. The fourth-order valence-corrected chi connectivity index (χ4v) is 3.96. The highest BCUT2D eigenvalue weighted by atomic mass is 16.6. The molecule has 2 aliphatic heterocycles. The predicted octanol–water partition coefficient (Wildman–Crippen LogP) is 2.62. The molecular weight excluding hydrogens is 416 g/mol. The average molecular weight is 447 g/mol. The molecule has 0 aliphatic carbocycles. The van der Waals surface area contributed by atoms with Gasteiger partial charge in [-0.15, -0.1) is 0 Å². The van der Waals surface area contributed by atoms with Crippen molar-refractivity contribution >= 4 is 24.1 Å². The first-order valence-electron chi connectivity index (χ1n) is 10.8. The van der Waals surface area contributed by atoms with Gasteiger partial charge in [-0.25, -0.2) is 14.5 Å². The van der Waals surface area contributed by atoms with E-state index < -0.39 is 47.5 Å². The summed E-state index contributed by atoms with van der Waals surface area (Å²) >= 11 is 0. The molecule has 0 bridgehead atoms. The minimum Gasteiger partial charge on any atom is -0.466 e. The Balaban J connectivity index is 1.81. The molecule has 0 radical (unpaired) electrons. The third kappa shape index (κ3) is 5.38. The number of imide groups is 1. The first-order valence-corrected chi connectivity index (χ1v) is 10.8. The van der Waals surface area contributed by atoms with Crippen LogP contribution in [-0.2, 0) is 30.2 Å². The van der Waals surface area contributed by atoms with E-state index in [1.807, 2.05) is 30.3 Å². The lowest BCUT2D eigenvalue weighted by Gasteiger charge is -2.25. The van der Waals surface area contributed by atoms with E-state index in [9.17, 15) is 19.2 Å². The number of carbonyl (C=O) groups is 4. The van der Waals surface area contributed by atoms with Crippen LogP contribution in [0.5, 0.6) is 0 Å². The van der Waals surface area contributed by atoms with Gasteiger partial charge in [0.15, 0.2) is 0 Å². The van der Waals surface area contributed by atoms with Crippen molar-refractivity contribution < 1.29 is 33.4 Å². The van der Waals surface area contributed by atoms with Gasteiger partial charge in [-0.3, -0.25) is 9.59 Å². The molecule has 3 rings (SSSR count). The second-order valence-electron chi connectivity index (χ2n) is 8.98. The number of benzene rings is 1. The minimum atomic E-state index is -0.925. The Hall–Kier alpha value is -3.10. The summed E-state index contributed by atoms with van der Waals surface area (Å²) < 4.78 is 15.7. The van der Waals surface area contributed by atoms with Crippen LogP contribution < -0.4 is 0 Å². The van der Waals surface area contributed by atoms with Crippen LogP contribution in [0.15, 0.2) is 30.3 Å². The molecule has 0 saturated carbocycles. The number of likely N-dealkylation sites (tertiary alicyclic amines) is 1. The van der Waals surface area contributed by atoms with Crippen molar-refractivity contribution in [2.45, 2.75) is 45.8 Å². The van der Waals surface area contributed by atoms with Crippen molar-refractivity contribution in [1.29, 1.82) is 0 Å². The summed E-state index contributed by atoms with van der Waals surface area (Å²) in [6, 6.07) is 8.98. The summed E-state index contributed by atoms with van der Waals surface area (Å²) in [5.74, 6) is -2.94. The number of ether oxygens (including phenoxy) is 3. The van der Waals surface area contributed by atoms with Gasteiger partial charge in [0.1, 0.15) is 12.2 Å². The summed E-state index contributed by atoms with van der Waals surface area (Å²) in [7, 11) is 0. The number of cyclic esters (lactones) is 1. The van der Waals surface area contributed by atoms with Crippen LogP contribution in [0.25, 0.3) is 0 Å². The zero-order valence-electron chi connectivity index (χ0n) is 18.9. The van der Waals surface area contributed by atoms with E-state index in [1.165, 1.54) is 4.90 Å². The smallest absolute Gasteiger partial charge is 0.416 e. The van der Waals surface area contributed by atoms with Gasteiger partial charge in [0.05, 0.1) is 24.5 Å². The maximum atomic E-state index is 13.5. The number of esters is 1. The van der Waals surface area contributed by atoms with Crippen molar-refractivity contribution in [3.63, 3.8) is 0 Å². The number of hydrogen-bond donors (Lipinski definition) is 0. The Kier molecular flexibility index (Phi) is 7.06. The maximum Gasteiger partial charge on any atom is 0.416 e. The largest absolute Gasteiger partial charge is 0.466 e. The van der Waals surface area contributed by atoms with Gasteiger partial charge in [-0.2, -0.15) is 0 Å². The monoisotopic (exact) mass is 446 g/mol. The molecule has 9 heteroatoms. The Morgan fingerprint density at radius 3 is 2.38 bits per heavy atom. The number of nitrogens with zero attached hydrogens (tertiary/aromatic N) is 2. The highest BCUT2D eigenvalue weighted by Gasteiger charge is 2.50. The van der Waals surface area contributed by atoms with Gasteiger partial charge < -0.3 is 19.1 Å². The Morgan fingerprint density at radius 2 is 1.75 bits per heavy atom. The van der Waals surface area contributed by atoms with Crippen LogP contribution in [0.3, 0.4) is 0 Å². The van der Waals surface area contributed by atoms with Gasteiger partial charge in [0, 0.05) is 13.1 Å². The molecule has 2 saturated heterocycles. The standard InChI is InChI=1S/C23H30N2O7/c1-5-30-20(27)18-13-24(21(28)32-23(2,3)4)12-17(18)19(26)25-16(14-31-22(25)29)11-15-9-7-6-8-10-15/h6-10,16-18H,5,11-14H2,1-4H3/t16?,17-,18-/m0/s1. The molecule has 2 fully saturated rings. The maximum absolute atomic E-state index is 13.5. The Morgan fingerprint density at radius 1 is 1.09 bits per heavy atom. The molecule has 9 nitrogen and oxygen atoms in total. The van der Waals surface area contributed by atoms with Crippen molar-refractivity contribution in [3.8, 4) is 0 Å². The Bertz CT molecular complexity index is 865. The van der Waals surface area contributed by atoms with Crippen molar-refractivity contribution in [3.05, 3.63) is 35.9 Å². The quantitative estimate of drug-likeness (QED) is 0.506. The van der Waals surface area contributed by atoms with E-state index in [4.69, 9.17) is 14.2 Å². The van der Waals surface area contributed by atoms with Crippen LogP contribution >= 0.6 is 0 Å². The molecule has 0 spiro atoms. The first-order chi connectivity index (χ1) is 15.1. The summed E-state index contributed by atoms with van der Waals surface area (Å²) in [5.41, 5.74) is 0.232. The fourth-order valence-electron chi connectivity index (χ4n) is 3.96. The predicted molar refractivity (Wildman–Crippen MR) is 114 cm³/mol. The topological polar surface area (TPSA) is 102 Å². The molecule has 2 heterocycles. The van der Waals surface area contributed by atoms with Crippen LogP contribution in [0.4, 0.5) is 9.59 Å². The van der Waals surface area contributed by atoms with Gasteiger partial charge in [-0.05, 0) is 39.7 Å². The molecule has 3 amide bonds. The average Bonchev–Trinajstić information content (AvgIpc) is 3.32. The zero-order chi connectivity index (χ0) is 23.5. The SMILES string of the molecule is CCOC(=O)[C@H]1CN(C(=O)OC(C)(C)C)C[C@@H]1C(=O)N1C(=O)OCC1Cc1ccccc1. The van der Waals surface area contributed by atoms with Crippen LogP contribution in [-0.4, -0.2) is 71.8 Å². The molecule has 0 aromatic heterocycles. The highest BCUT2D eigenvalue weighted by Crippen LogP contribution is 2.31. The van der Waals surface area contributed by atoms with Crippen molar-refractivity contribution in [2.75, 3.05) is 26.3 Å².